The van der Waals surface area contributed by atoms with E-state index in [1.807, 2.05) is 6.20 Å². The van der Waals surface area contributed by atoms with Gasteiger partial charge in [-0.2, -0.15) is 5.10 Å². The molecule has 3 aromatic rings. The number of nitrogens with zero attached hydrogens (tertiary/aromatic N) is 2. The van der Waals surface area contributed by atoms with Crippen molar-refractivity contribution in [1.82, 2.24) is 20.1 Å². The predicted octanol–water partition coefficient (Wildman–Crippen LogP) is 1.64. The zero-order chi connectivity index (χ0) is 19.1. The van der Waals surface area contributed by atoms with Gasteiger partial charge in [0.25, 0.3) is 5.91 Å². The number of carbonyl (C=O) groups excluding carboxylic acids is 1. The lowest BCUT2D eigenvalue weighted by molar-refractivity contribution is 0.0235. The smallest absolute Gasteiger partial charge is 0.252 e. The van der Waals surface area contributed by atoms with Gasteiger partial charge in [0.05, 0.1) is 29.4 Å². The number of pyridine rings is 1. The summed E-state index contributed by atoms with van der Waals surface area (Å²) in [7, 11) is 1.79. The normalized spacial score (nSPS) is 20.3. The fourth-order valence-electron chi connectivity index (χ4n) is 3.62. The molecule has 1 fully saturated rings. The summed E-state index contributed by atoms with van der Waals surface area (Å²) in [5.74, 6) is -0.834. The molecule has 2 aromatic heterocycles. The minimum atomic E-state index is -0.493. The molecule has 1 saturated carbocycles. The van der Waals surface area contributed by atoms with Crippen LogP contribution in [0.5, 0.6) is 0 Å². The van der Waals surface area contributed by atoms with Crippen LogP contribution in [0.15, 0.2) is 41.5 Å². The lowest BCUT2D eigenvalue weighted by Crippen LogP contribution is -2.41. The van der Waals surface area contributed by atoms with Crippen LogP contribution in [0.4, 0.5) is 4.39 Å². The monoisotopic (exact) mass is 370 g/mol. The molecule has 1 aliphatic rings. The van der Waals surface area contributed by atoms with Crippen LogP contribution in [-0.4, -0.2) is 31.9 Å². The number of aromatic nitrogens is 3. The van der Waals surface area contributed by atoms with Crippen LogP contribution in [0.2, 0.25) is 0 Å². The second-order valence-electron chi connectivity index (χ2n) is 7.02. The molecule has 1 aromatic carbocycles. The fraction of sp³-hybridized carbons (Fsp3) is 0.316. The van der Waals surface area contributed by atoms with Gasteiger partial charge in [-0.25, -0.2) is 4.39 Å². The molecule has 7 nitrogen and oxygen atoms in total. The molecule has 27 heavy (non-hydrogen) atoms. The molecule has 4 rings (SSSR count). The Hall–Kier alpha value is -3.00. The van der Waals surface area contributed by atoms with Crippen molar-refractivity contribution in [2.45, 2.75) is 25.0 Å². The van der Waals surface area contributed by atoms with Crippen molar-refractivity contribution in [3.8, 4) is 0 Å². The fourth-order valence-corrected chi connectivity index (χ4v) is 3.62. The van der Waals surface area contributed by atoms with Gasteiger partial charge in [-0.3, -0.25) is 14.3 Å². The Morgan fingerprint density at radius 3 is 2.85 bits per heavy atom. The second-order valence-corrected chi connectivity index (χ2v) is 7.02. The first-order valence-corrected chi connectivity index (χ1v) is 8.71. The van der Waals surface area contributed by atoms with E-state index in [1.165, 1.54) is 24.3 Å². The van der Waals surface area contributed by atoms with Gasteiger partial charge in [-0.05, 0) is 37.0 Å². The molecule has 3 N–H and O–H groups in total. The van der Waals surface area contributed by atoms with Crippen molar-refractivity contribution < 1.29 is 14.3 Å². The van der Waals surface area contributed by atoms with Crippen molar-refractivity contribution >= 4 is 16.8 Å². The number of carbonyl (C=O) groups is 1. The van der Waals surface area contributed by atoms with Gasteiger partial charge < -0.3 is 15.4 Å². The second kappa shape index (κ2) is 6.62. The highest BCUT2D eigenvalue weighted by Gasteiger charge is 2.36. The van der Waals surface area contributed by atoms with Gasteiger partial charge >= 0.3 is 0 Å². The minimum absolute atomic E-state index is 0.0823. The number of aromatic amines is 1. The summed E-state index contributed by atoms with van der Waals surface area (Å²) in [5, 5.41) is 17.3. The highest BCUT2D eigenvalue weighted by Crippen LogP contribution is 2.38. The molecule has 1 atom stereocenters. The summed E-state index contributed by atoms with van der Waals surface area (Å²) in [6.07, 6.45) is 4.30. The summed E-state index contributed by atoms with van der Waals surface area (Å²) in [6, 6.07) is 4.80. The van der Waals surface area contributed by atoms with Gasteiger partial charge in [-0.15, -0.1) is 0 Å². The molecule has 0 unspecified atom stereocenters. The Balaban J connectivity index is 1.69. The Labute approximate surface area is 153 Å². The number of aryl methyl sites for hydroxylation is 1. The van der Waals surface area contributed by atoms with Crippen LogP contribution in [0, 0.1) is 11.7 Å². The molecule has 0 saturated heterocycles. The summed E-state index contributed by atoms with van der Waals surface area (Å²) < 4.78 is 15.1. The highest BCUT2D eigenvalue weighted by molar-refractivity contribution is 6.06. The summed E-state index contributed by atoms with van der Waals surface area (Å²) in [4.78, 5) is 27.4. The number of nitrogens with one attached hydrogen (secondary N) is 2. The Morgan fingerprint density at radius 1 is 1.41 bits per heavy atom. The number of H-pyrrole nitrogens is 1. The predicted molar refractivity (Wildman–Crippen MR) is 96.7 cm³/mol. The van der Waals surface area contributed by atoms with E-state index < -0.39 is 17.3 Å². The first-order chi connectivity index (χ1) is 12.9. The van der Waals surface area contributed by atoms with E-state index in [4.69, 9.17) is 0 Å². The number of fused-ring (bicyclic) bond motifs is 1. The van der Waals surface area contributed by atoms with Crippen molar-refractivity contribution in [1.29, 1.82) is 0 Å². The molecule has 0 bridgehead atoms. The highest BCUT2D eigenvalue weighted by atomic mass is 19.1. The number of benzene rings is 1. The van der Waals surface area contributed by atoms with Crippen LogP contribution >= 0.6 is 0 Å². The number of hydrogen-bond donors (Lipinski definition) is 3. The third-order valence-electron chi connectivity index (χ3n) is 5.04. The van der Waals surface area contributed by atoms with Gasteiger partial charge in [0.2, 0.25) is 5.56 Å². The topological polar surface area (TPSA) is 100 Å². The number of hydrogen-bond acceptors (Lipinski definition) is 4. The van der Waals surface area contributed by atoms with Crippen LogP contribution in [0.1, 0.15) is 34.8 Å². The number of rotatable bonds is 4. The Bertz CT molecular complexity index is 1070. The largest absolute Gasteiger partial charge is 0.393 e. The average molecular weight is 370 g/mol. The molecule has 1 amide bonds. The van der Waals surface area contributed by atoms with Crippen LogP contribution in [-0.2, 0) is 7.05 Å². The van der Waals surface area contributed by atoms with Crippen molar-refractivity contribution in [2.75, 3.05) is 0 Å². The van der Waals surface area contributed by atoms with Crippen LogP contribution in [0.3, 0.4) is 0 Å². The van der Waals surface area contributed by atoms with E-state index >= 15 is 0 Å². The third-order valence-corrected chi connectivity index (χ3v) is 5.04. The van der Waals surface area contributed by atoms with Gasteiger partial charge in [-0.1, -0.05) is 0 Å². The summed E-state index contributed by atoms with van der Waals surface area (Å²) in [6.45, 7) is 0. The van der Waals surface area contributed by atoms with Gasteiger partial charge in [0.1, 0.15) is 5.82 Å². The van der Waals surface area contributed by atoms with Crippen LogP contribution in [0.25, 0.3) is 10.9 Å². The molecular weight excluding hydrogens is 351 g/mol. The number of aliphatic hydroxyl groups excluding tert-OH is 1. The van der Waals surface area contributed by atoms with E-state index in [2.05, 4.69) is 15.4 Å². The molecule has 1 aliphatic carbocycles. The zero-order valence-corrected chi connectivity index (χ0v) is 14.6. The first kappa shape index (κ1) is 17.4. The molecule has 0 aliphatic heterocycles. The van der Waals surface area contributed by atoms with E-state index in [9.17, 15) is 19.1 Å². The van der Waals surface area contributed by atoms with E-state index in [0.717, 1.165) is 5.56 Å². The molecule has 8 heteroatoms. The van der Waals surface area contributed by atoms with Crippen molar-refractivity contribution in [3.63, 3.8) is 0 Å². The van der Waals surface area contributed by atoms with E-state index in [0.29, 0.717) is 18.2 Å². The molecule has 0 spiro atoms. The number of halogens is 1. The van der Waals surface area contributed by atoms with Gasteiger partial charge in [0, 0.05) is 30.3 Å². The summed E-state index contributed by atoms with van der Waals surface area (Å²) >= 11 is 0. The molecule has 0 radical (unpaired) electrons. The quantitative estimate of drug-likeness (QED) is 0.650. The lowest BCUT2D eigenvalue weighted by Gasteiger charge is -2.37. The maximum absolute atomic E-state index is 13.5. The van der Waals surface area contributed by atoms with E-state index in [-0.39, 0.29) is 29.1 Å². The average Bonchev–Trinajstić information content (AvgIpc) is 3.02. The molecular formula is C19H19FN4O3. The molecule has 2 heterocycles. The lowest BCUT2D eigenvalue weighted by atomic mass is 9.75. The van der Waals surface area contributed by atoms with E-state index in [1.54, 1.807) is 17.9 Å². The molecule has 140 valence electrons. The number of aliphatic hydroxyl groups is 1. The van der Waals surface area contributed by atoms with Crippen molar-refractivity contribution in [3.05, 3.63) is 64.0 Å². The van der Waals surface area contributed by atoms with Gasteiger partial charge in [0.15, 0.2) is 0 Å². The maximum Gasteiger partial charge on any atom is 0.252 e. The SMILES string of the molecule is Cn1cc([C@@H](NC(=O)c2cc(=O)[nH]c3cc(F)ccc23)C2CC(O)C2)cn1. The number of amides is 1. The Morgan fingerprint density at radius 2 is 2.19 bits per heavy atom. The summed E-state index contributed by atoms with van der Waals surface area (Å²) in [5.41, 5.74) is 0.811. The maximum atomic E-state index is 13.5. The third kappa shape index (κ3) is 3.35. The Kier molecular flexibility index (Phi) is 4.27. The standard InChI is InChI=1S/C19H19FN4O3/c1-24-9-11(8-21-24)18(10-4-13(25)5-10)23-19(27)15-7-17(26)22-16-6-12(20)2-3-14(15)16/h2-3,6-10,13,18,25H,4-5H2,1H3,(H,22,26)(H,23,27)/t10?,13?,18-/m0/s1. The first-order valence-electron chi connectivity index (χ1n) is 8.71. The minimum Gasteiger partial charge on any atom is -0.393 e. The van der Waals surface area contributed by atoms with Crippen LogP contribution < -0.4 is 10.9 Å². The van der Waals surface area contributed by atoms with Crippen molar-refractivity contribution in [2.24, 2.45) is 13.0 Å². The zero-order valence-electron chi connectivity index (χ0n) is 14.6.